The Morgan fingerprint density at radius 1 is 1.21 bits per heavy atom. The number of ketones is 1. The summed E-state index contributed by atoms with van der Waals surface area (Å²) in [5.41, 5.74) is 8.10. The van der Waals surface area contributed by atoms with Gasteiger partial charge in [-0.1, -0.05) is 36.4 Å². The minimum Gasteiger partial charge on any atom is -0.326 e. The van der Waals surface area contributed by atoms with Gasteiger partial charge in [-0.2, -0.15) is 4.99 Å². The molecule has 0 aliphatic rings. The summed E-state index contributed by atoms with van der Waals surface area (Å²) in [6.45, 7) is 0.389. The van der Waals surface area contributed by atoms with Crippen molar-refractivity contribution in [2.75, 3.05) is 0 Å². The second-order valence-electron chi connectivity index (χ2n) is 3.95. The maximum Gasteiger partial charge on any atom is 0.195 e. The molecule has 94 valence electrons. The summed E-state index contributed by atoms with van der Waals surface area (Å²) < 4.78 is 0. The van der Waals surface area contributed by atoms with E-state index in [2.05, 4.69) is 22.4 Å². The van der Waals surface area contributed by atoms with Crippen molar-refractivity contribution in [3.63, 3.8) is 0 Å². The van der Waals surface area contributed by atoms with Crippen molar-refractivity contribution in [3.05, 3.63) is 65.2 Å². The zero-order chi connectivity index (χ0) is 13.7. The Hall–Kier alpha value is -2.13. The molecule has 3 nitrogen and oxygen atoms in total. The van der Waals surface area contributed by atoms with Crippen molar-refractivity contribution >= 4 is 28.8 Å². The van der Waals surface area contributed by atoms with Gasteiger partial charge in [0.2, 0.25) is 0 Å². The average molecular weight is 268 g/mol. The maximum absolute atomic E-state index is 12.4. The minimum absolute atomic E-state index is 0.0897. The Labute approximate surface area is 116 Å². The quantitative estimate of drug-likeness (QED) is 0.526. The topological polar surface area (TPSA) is 55.5 Å². The first-order valence-corrected chi connectivity index (χ1v) is 6.17. The summed E-state index contributed by atoms with van der Waals surface area (Å²) in [6.07, 6.45) is 0. The fraction of sp³-hybridized carbons (Fsp3) is 0.0667. The molecule has 0 radical (unpaired) electrons. The lowest BCUT2D eigenvalue weighted by atomic mass is 10.00. The predicted octanol–water partition coefficient (Wildman–Crippen LogP) is 3.11. The number of nitrogens with two attached hydrogens (primary N) is 1. The molecule has 0 atom stereocenters. The maximum atomic E-state index is 12.4. The molecule has 0 spiro atoms. The van der Waals surface area contributed by atoms with E-state index in [9.17, 15) is 4.79 Å². The van der Waals surface area contributed by atoms with Gasteiger partial charge < -0.3 is 5.73 Å². The number of carbonyl (C=O) groups excluding carboxylic acids is 1. The van der Waals surface area contributed by atoms with Crippen molar-refractivity contribution in [2.24, 2.45) is 10.7 Å². The van der Waals surface area contributed by atoms with Gasteiger partial charge >= 0.3 is 0 Å². The molecule has 0 saturated heterocycles. The summed E-state index contributed by atoms with van der Waals surface area (Å²) in [5, 5.41) is 2.30. The highest BCUT2D eigenvalue weighted by Gasteiger charge is 2.13. The van der Waals surface area contributed by atoms with Crippen molar-refractivity contribution in [2.45, 2.75) is 6.54 Å². The Kier molecular flexibility index (Phi) is 4.31. The van der Waals surface area contributed by atoms with Gasteiger partial charge in [0.15, 0.2) is 5.78 Å². The molecule has 0 bridgehead atoms. The highest BCUT2D eigenvalue weighted by Crippen LogP contribution is 2.23. The van der Waals surface area contributed by atoms with Crippen molar-refractivity contribution in [1.29, 1.82) is 0 Å². The molecular weight excluding hydrogens is 256 g/mol. The van der Waals surface area contributed by atoms with E-state index in [1.165, 1.54) is 0 Å². The second-order valence-corrected chi connectivity index (χ2v) is 4.14. The number of rotatable bonds is 4. The number of thiocarbonyl (C=S) groups is 1. The summed E-state index contributed by atoms with van der Waals surface area (Å²) in [6, 6.07) is 14.4. The monoisotopic (exact) mass is 268 g/mol. The van der Waals surface area contributed by atoms with Crippen LogP contribution < -0.4 is 5.73 Å². The number of hydrogen-bond donors (Lipinski definition) is 1. The molecule has 19 heavy (non-hydrogen) atoms. The lowest BCUT2D eigenvalue weighted by Crippen LogP contribution is -2.03. The van der Waals surface area contributed by atoms with Crippen LogP contribution in [-0.2, 0) is 6.54 Å². The number of nitrogens with zero attached hydrogens (tertiary/aromatic N) is 1. The van der Waals surface area contributed by atoms with Gasteiger partial charge in [-0.15, -0.1) is 0 Å². The van der Waals surface area contributed by atoms with Crippen LogP contribution >= 0.6 is 12.2 Å². The molecule has 0 heterocycles. The fourth-order valence-corrected chi connectivity index (χ4v) is 1.88. The van der Waals surface area contributed by atoms with Gasteiger partial charge in [0.05, 0.1) is 10.8 Å². The van der Waals surface area contributed by atoms with Gasteiger partial charge in [-0.05, 0) is 29.9 Å². The molecule has 0 amide bonds. The first kappa shape index (κ1) is 13.3. The Morgan fingerprint density at radius 3 is 2.58 bits per heavy atom. The molecule has 2 aromatic rings. The van der Waals surface area contributed by atoms with Crippen LogP contribution in [0.15, 0.2) is 53.5 Å². The highest BCUT2D eigenvalue weighted by atomic mass is 32.1. The molecule has 0 aromatic heterocycles. The first-order valence-electron chi connectivity index (χ1n) is 5.77. The van der Waals surface area contributed by atoms with Gasteiger partial charge in [-0.3, -0.25) is 4.79 Å². The van der Waals surface area contributed by atoms with E-state index in [-0.39, 0.29) is 5.78 Å². The van der Waals surface area contributed by atoms with E-state index in [0.717, 1.165) is 5.56 Å². The van der Waals surface area contributed by atoms with Gasteiger partial charge in [0.25, 0.3) is 0 Å². The number of isothiocyanates is 1. The minimum atomic E-state index is -0.0897. The summed E-state index contributed by atoms with van der Waals surface area (Å²) >= 11 is 4.62. The molecule has 0 fully saturated rings. The molecule has 0 unspecified atom stereocenters. The van der Waals surface area contributed by atoms with Crippen LogP contribution in [0.25, 0.3) is 0 Å². The molecule has 0 aliphatic carbocycles. The lowest BCUT2D eigenvalue weighted by Gasteiger charge is -2.06. The van der Waals surface area contributed by atoms with E-state index in [0.29, 0.717) is 23.4 Å². The third-order valence-electron chi connectivity index (χ3n) is 2.74. The number of aliphatic imine (C=N–C) groups is 1. The summed E-state index contributed by atoms with van der Waals surface area (Å²) in [7, 11) is 0. The first-order chi connectivity index (χ1) is 9.26. The molecule has 2 rings (SSSR count). The zero-order valence-corrected chi connectivity index (χ0v) is 11.0. The second kappa shape index (κ2) is 6.16. The predicted molar refractivity (Wildman–Crippen MR) is 78.9 cm³/mol. The van der Waals surface area contributed by atoms with Crippen LogP contribution in [0, 0.1) is 0 Å². The Balaban J connectivity index is 2.50. The SMILES string of the molecule is NCc1ccc(C(=O)c2ccccc2)c(N=C=S)c1. The van der Waals surface area contributed by atoms with Crippen LogP contribution in [0.3, 0.4) is 0 Å². The van der Waals surface area contributed by atoms with E-state index in [1.807, 2.05) is 24.3 Å². The van der Waals surface area contributed by atoms with E-state index >= 15 is 0 Å². The van der Waals surface area contributed by atoms with Gasteiger partial charge in [0, 0.05) is 17.7 Å². The van der Waals surface area contributed by atoms with Crippen LogP contribution in [0.4, 0.5) is 5.69 Å². The van der Waals surface area contributed by atoms with Crippen LogP contribution in [-0.4, -0.2) is 10.9 Å². The fourth-order valence-electron chi connectivity index (χ4n) is 1.78. The van der Waals surface area contributed by atoms with Crippen LogP contribution in [0.5, 0.6) is 0 Å². The van der Waals surface area contributed by atoms with Crippen molar-refractivity contribution < 1.29 is 4.79 Å². The standard InChI is InChI=1S/C15H12N2OS/c16-9-11-6-7-13(14(8-11)17-10-19)15(18)12-4-2-1-3-5-12/h1-8H,9,16H2. The zero-order valence-electron chi connectivity index (χ0n) is 10.2. The molecule has 0 saturated carbocycles. The number of benzene rings is 2. The lowest BCUT2D eigenvalue weighted by molar-refractivity contribution is 0.103. The molecule has 4 heteroatoms. The normalized spacial score (nSPS) is 9.74. The van der Waals surface area contributed by atoms with Crippen LogP contribution in [0.1, 0.15) is 21.5 Å². The molecule has 0 aliphatic heterocycles. The smallest absolute Gasteiger partial charge is 0.195 e. The van der Waals surface area contributed by atoms with Gasteiger partial charge in [0.1, 0.15) is 0 Å². The highest BCUT2D eigenvalue weighted by molar-refractivity contribution is 7.78. The average Bonchev–Trinajstić information content (AvgIpc) is 2.47. The Bertz CT molecular complexity index is 646. The molecular formula is C15H12N2OS. The van der Waals surface area contributed by atoms with Crippen molar-refractivity contribution in [1.82, 2.24) is 0 Å². The number of hydrogen-bond acceptors (Lipinski definition) is 4. The van der Waals surface area contributed by atoms with E-state index in [4.69, 9.17) is 5.73 Å². The molecule has 2 aromatic carbocycles. The van der Waals surface area contributed by atoms with E-state index in [1.54, 1.807) is 24.3 Å². The van der Waals surface area contributed by atoms with Gasteiger partial charge in [-0.25, -0.2) is 0 Å². The number of carbonyl (C=O) groups is 1. The Morgan fingerprint density at radius 2 is 1.95 bits per heavy atom. The third kappa shape index (κ3) is 3.01. The van der Waals surface area contributed by atoms with Crippen molar-refractivity contribution in [3.8, 4) is 0 Å². The largest absolute Gasteiger partial charge is 0.326 e. The van der Waals surface area contributed by atoms with E-state index < -0.39 is 0 Å². The molecule has 2 N–H and O–H groups in total. The van der Waals surface area contributed by atoms with Crippen LogP contribution in [0.2, 0.25) is 0 Å². The summed E-state index contributed by atoms with van der Waals surface area (Å²) in [5.74, 6) is -0.0897. The summed E-state index contributed by atoms with van der Waals surface area (Å²) in [4.78, 5) is 16.3. The third-order valence-corrected chi connectivity index (χ3v) is 2.84.